The van der Waals surface area contributed by atoms with E-state index in [4.69, 9.17) is 0 Å². The molecule has 134 valence electrons. The third-order valence-corrected chi connectivity index (χ3v) is 6.11. The maximum absolute atomic E-state index is 12.5. The molecule has 1 aromatic carbocycles. The number of sulfonamides is 1. The van der Waals surface area contributed by atoms with Gasteiger partial charge in [-0.15, -0.1) is 0 Å². The second-order valence-corrected chi connectivity index (χ2v) is 7.97. The monoisotopic (exact) mass is 355 g/mol. The van der Waals surface area contributed by atoms with Gasteiger partial charge in [0.25, 0.3) is 5.69 Å². The van der Waals surface area contributed by atoms with Gasteiger partial charge < -0.3 is 5.32 Å². The fraction of sp³-hybridized carbons (Fsp3) is 0.625. The second-order valence-electron chi connectivity index (χ2n) is 6.03. The highest BCUT2D eigenvalue weighted by atomic mass is 32.2. The molecule has 0 aliphatic carbocycles. The summed E-state index contributed by atoms with van der Waals surface area (Å²) in [6.45, 7) is 3.72. The fourth-order valence-corrected chi connectivity index (χ4v) is 4.36. The first-order valence-electron chi connectivity index (χ1n) is 8.49. The summed E-state index contributed by atoms with van der Waals surface area (Å²) < 4.78 is 26.5. The Balaban J connectivity index is 2.15. The number of nitro benzene ring substituents is 1. The zero-order valence-corrected chi connectivity index (χ0v) is 14.8. The van der Waals surface area contributed by atoms with E-state index in [2.05, 4.69) is 12.2 Å². The van der Waals surface area contributed by atoms with Gasteiger partial charge in [0.05, 0.1) is 9.82 Å². The minimum atomic E-state index is -3.64. The number of hydrogen-bond acceptors (Lipinski definition) is 5. The van der Waals surface area contributed by atoms with Crippen LogP contribution in [0, 0.1) is 10.1 Å². The fourth-order valence-electron chi connectivity index (χ4n) is 2.82. The molecule has 0 aromatic heterocycles. The first-order valence-corrected chi connectivity index (χ1v) is 9.93. The lowest BCUT2D eigenvalue weighted by molar-refractivity contribution is -0.384. The Hall–Kier alpha value is -1.67. The predicted molar refractivity (Wildman–Crippen MR) is 93.7 cm³/mol. The van der Waals surface area contributed by atoms with Crippen molar-refractivity contribution in [3.8, 4) is 0 Å². The summed E-state index contributed by atoms with van der Waals surface area (Å²) in [6, 6.07) is 4.12. The molecule has 1 aromatic rings. The zero-order chi connectivity index (χ0) is 17.6. The van der Waals surface area contributed by atoms with Crippen LogP contribution >= 0.6 is 0 Å². The normalized spacial score (nSPS) is 15.5. The number of nitrogens with zero attached hydrogens (tertiary/aromatic N) is 2. The lowest BCUT2D eigenvalue weighted by Crippen LogP contribution is -2.27. The topological polar surface area (TPSA) is 92.6 Å². The van der Waals surface area contributed by atoms with Gasteiger partial charge in [-0.1, -0.05) is 26.2 Å². The van der Waals surface area contributed by atoms with E-state index in [1.165, 1.54) is 22.5 Å². The number of rotatable bonds is 9. The third kappa shape index (κ3) is 4.45. The molecule has 1 aliphatic rings. The summed E-state index contributed by atoms with van der Waals surface area (Å²) in [5.74, 6) is 0. The van der Waals surface area contributed by atoms with Crippen molar-refractivity contribution in [3.05, 3.63) is 28.3 Å². The van der Waals surface area contributed by atoms with Crippen molar-refractivity contribution in [2.45, 2.75) is 50.3 Å². The smallest absolute Gasteiger partial charge is 0.293 e. The van der Waals surface area contributed by atoms with Crippen molar-refractivity contribution in [2.75, 3.05) is 25.0 Å². The van der Waals surface area contributed by atoms with Crippen molar-refractivity contribution in [2.24, 2.45) is 0 Å². The number of benzene rings is 1. The molecule has 1 N–H and O–H groups in total. The maximum Gasteiger partial charge on any atom is 0.293 e. The summed E-state index contributed by atoms with van der Waals surface area (Å²) in [7, 11) is -3.64. The van der Waals surface area contributed by atoms with Crippen molar-refractivity contribution in [1.29, 1.82) is 0 Å². The van der Waals surface area contributed by atoms with Crippen LogP contribution in [-0.4, -0.2) is 37.3 Å². The first-order chi connectivity index (χ1) is 11.5. The molecule has 0 saturated carbocycles. The Morgan fingerprint density at radius 1 is 1.21 bits per heavy atom. The van der Waals surface area contributed by atoms with Gasteiger partial charge >= 0.3 is 0 Å². The van der Waals surface area contributed by atoms with Gasteiger partial charge in [-0.25, -0.2) is 8.42 Å². The van der Waals surface area contributed by atoms with Gasteiger partial charge in [0.2, 0.25) is 10.0 Å². The van der Waals surface area contributed by atoms with E-state index in [9.17, 15) is 18.5 Å². The summed E-state index contributed by atoms with van der Waals surface area (Å²) >= 11 is 0. The van der Waals surface area contributed by atoms with Gasteiger partial charge in [0.1, 0.15) is 5.69 Å². The van der Waals surface area contributed by atoms with Gasteiger partial charge in [-0.05, 0) is 31.4 Å². The molecule has 0 bridgehead atoms. The molecule has 1 saturated heterocycles. The van der Waals surface area contributed by atoms with Gasteiger partial charge in [0.15, 0.2) is 0 Å². The highest BCUT2D eigenvalue weighted by Crippen LogP contribution is 2.30. The van der Waals surface area contributed by atoms with Gasteiger partial charge in [-0.3, -0.25) is 10.1 Å². The van der Waals surface area contributed by atoms with Crippen molar-refractivity contribution in [3.63, 3.8) is 0 Å². The molecule has 7 nitrogen and oxygen atoms in total. The molecule has 24 heavy (non-hydrogen) atoms. The first kappa shape index (κ1) is 18.7. The minimum Gasteiger partial charge on any atom is -0.379 e. The SMILES string of the molecule is CCCCCCNc1ccc(S(=O)(=O)N2CCCC2)cc1[N+](=O)[O-]. The Bertz CT molecular complexity index is 670. The van der Waals surface area contributed by atoms with Crippen molar-refractivity contribution >= 4 is 21.4 Å². The average Bonchev–Trinajstić information content (AvgIpc) is 3.09. The van der Waals surface area contributed by atoms with Crippen LogP contribution in [0.5, 0.6) is 0 Å². The molecule has 0 atom stereocenters. The number of nitro groups is 1. The van der Waals surface area contributed by atoms with E-state index in [-0.39, 0.29) is 10.6 Å². The van der Waals surface area contributed by atoms with Crippen LogP contribution in [-0.2, 0) is 10.0 Å². The molecule has 1 heterocycles. The second kappa shape index (κ2) is 8.43. The average molecular weight is 355 g/mol. The number of hydrogen-bond donors (Lipinski definition) is 1. The van der Waals surface area contributed by atoms with Crippen molar-refractivity contribution < 1.29 is 13.3 Å². The van der Waals surface area contributed by atoms with E-state index in [0.717, 1.165) is 38.5 Å². The highest BCUT2D eigenvalue weighted by Gasteiger charge is 2.29. The Kier molecular flexibility index (Phi) is 6.56. The molecule has 0 unspecified atom stereocenters. The molecular weight excluding hydrogens is 330 g/mol. The molecule has 0 radical (unpaired) electrons. The molecule has 1 aliphatic heterocycles. The molecular formula is C16H25N3O4S. The van der Waals surface area contributed by atoms with Gasteiger partial charge in [0, 0.05) is 25.7 Å². The summed E-state index contributed by atoms with van der Waals surface area (Å²) in [6.07, 6.45) is 5.93. The van der Waals surface area contributed by atoms with E-state index in [1.54, 1.807) is 0 Å². The zero-order valence-electron chi connectivity index (χ0n) is 14.0. The number of anilines is 1. The number of nitrogens with one attached hydrogen (secondary N) is 1. The summed E-state index contributed by atoms with van der Waals surface area (Å²) in [4.78, 5) is 10.8. The largest absolute Gasteiger partial charge is 0.379 e. The van der Waals surface area contributed by atoms with Crippen LogP contribution < -0.4 is 5.32 Å². The van der Waals surface area contributed by atoms with Crippen LogP contribution in [0.2, 0.25) is 0 Å². The van der Waals surface area contributed by atoms with Crippen LogP contribution in [0.4, 0.5) is 11.4 Å². The minimum absolute atomic E-state index is 0.00682. The Morgan fingerprint density at radius 2 is 1.92 bits per heavy atom. The van der Waals surface area contributed by atoms with Crippen LogP contribution in [0.3, 0.4) is 0 Å². The van der Waals surface area contributed by atoms with E-state index in [0.29, 0.717) is 25.3 Å². The van der Waals surface area contributed by atoms with Gasteiger partial charge in [-0.2, -0.15) is 4.31 Å². The lowest BCUT2D eigenvalue weighted by atomic mass is 10.2. The van der Waals surface area contributed by atoms with Crippen LogP contribution in [0.25, 0.3) is 0 Å². The van der Waals surface area contributed by atoms with Crippen LogP contribution in [0.1, 0.15) is 45.4 Å². The van der Waals surface area contributed by atoms with E-state index < -0.39 is 14.9 Å². The van der Waals surface area contributed by atoms with Crippen LogP contribution in [0.15, 0.2) is 23.1 Å². The Morgan fingerprint density at radius 3 is 2.54 bits per heavy atom. The molecule has 2 rings (SSSR count). The summed E-state index contributed by atoms with van der Waals surface area (Å²) in [5, 5.41) is 14.4. The van der Waals surface area contributed by atoms with E-state index >= 15 is 0 Å². The Labute approximate surface area is 143 Å². The standard InChI is InChI=1S/C16H25N3O4S/c1-2-3-4-5-10-17-15-9-8-14(13-16(15)19(20)21)24(22,23)18-11-6-7-12-18/h8-9,13,17H,2-7,10-12H2,1H3. The molecule has 0 amide bonds. The number of unbranched alkanes of at least 4 members (excludes halogenated alkanes) is 3. The highest BCUT2D eigenvalue weighted by molar-refractivity contribution is 7.89. The predicted octanol–water partition coefficient (Wildman–Crippen LogP) is 3.37. The molecule has 8 heteroatoms. The lowest BCUT2D eigenvalue weighted by Gasteiger charge is -2.16. The third-order valence-electron chi connectivity index (χ3n) is 4.21. The van der Waals surface area contributed by atoms with E-state index in [1.807, 2.05) is 0 Å². The quantitative estimate of drug-likeness (QED) is 0.416. The maximum atomic E-state index is 12.5. The molecule has 0 spiro atoms. The molecule has 1 fully saturated rings. The summed E-state index contributed by atoms with van der Waals surface area (Å²) in [5.41, 5.74) is 0.183. The van der Waals surface area contributed by atoms with Crippen molar-refractivity contribution in [1.82, 2.24) is 4.31 Å².